The molecule has 7 atom stereocenters. The van der Waals surface area contributed by atoms with Crippen LogP contribution in [0.4, 0.5) is 4.79 Å². The van der Waals surface area contributed by atoms with Crippen molar-refractivity contribution in [3.8, 4) is 22.2 Å². The molecule has 15 nitrogen and oxygen atoms in total. The third kappa shape index (κ3) is 9.20. The Morgan fingerprint density at radius 1 is 1.11 bits per heavy atom. The fourth-order valence-electron chi connectivity index (χ4n) is 9.24. The summed E-state index contributed by atoms with van der Waals surface area (Å²) in [6.45, 7) is 17.1. The zero-order valence-corrected chi connectivity index (χ0v) is 40.3. The highest BCUT2D eigenvalue weighted by Gasteiger charge is 2.63. The minimum atomic E-state index is -4.04. The number of ether oxygens (including phenoxy) is 2. The number of carboxylic acid groups (broad SMARTS) is 1. The van der Waals surface area contributed by atoms with E-state index >= 15 is 4.79 Å². The van der Waals surface area contributed by atoms with E-state index in [0.29, 0.717) is 43.2 Å². The van der Waals surface area contributed by atoms with Crippen molar-refractivity contribution in [1.82, 2.24) is 29.8 Å². The van der Waals surface area contributed by atoms with Gasteiger partial charge in [-0.25, -0.2) is 23.2 Å². The number of thiazole rings is 1. The van der Waals surface area contributed by atoms with Gasteiger partial charge in [0, 0.05) is 51.2 Å². The van der Waals surface area contributed by atoms with Gasteiger partial charge in [-0.15, -0.1) is 11.3 Å². The van der Waals surface area contributed by atoms with Crippen molar-refractivity contribution in [2.75, 3.05) is 13.7 Å². The summed E-state index contributed by atoms with van der Waals surface area (Å²) in [7, 11) is -2.46. The number of nitrogens with zero attached hydrogens (tertiary/aromatic N) is 4. The smallest absolute Gasteiger partial charge is 0.408 e. The molecule has 64 heavy (non-hydrogen) atoms. The van der Waals surface area contributed by atoms with E-state index in [1.54, 1.807) is 47.1 Å². The minimum Gasteiger partial charge on any atom is -0.497 e. The fraction of sp³-hybridized carbons (Fsp3) is 0.617. The number of hydrogen-bond acceptors (Lipinski definition) is 11. The molecule has 0 radical (unpaired) electrons. The van der Waals surface area contributed by atoms with Crippen molar-refractivity contribution < 1.29 is 42.2 Å². The Bertz CT molecular complexity index is 2450. The number of benzene rings is 1. The van der Waals surface area contributed by atoms with Crippen LogP contribution in [-0.4, -0.2) is 105 Å². The summed E-state index contributed by atoms with van der Waals surface area (Å²) < 4.78 is 40.3. The van der Waals surface area contributed by atoms with E-state index in [1.807, 2.05) is 36.6 Å². The van der Waals surface area contributed by atoms with Crippen molar-refractivity contribution in [3.63, 3.8) is 0 Å². The first-order valence-corrected chi connectivity index (χ1v) is 24.8. The number of sulfonamides is 1. The van der Waals surface area contributed by atoms with E-state index in [0.717, 1.165) is 28.1 Å². The van der Waals surface area contributed by atoms with Crippen LogP contribution in [0.2, 0.25) is 0 Å². The number of amides is 4. The largest absolute Gasteiger partial charge is 0.497 e. The first-order valence-electron chi connectivity index (χ1n) is 22.4. The molecule has 4 amide bonds. The van der Waals surface area contributed by atoms with Gasteiger partial charge in [-0.05, 0) is 96.3 Å². The molecule has 7 rings (SSSR count). The van der Waals surface area contributed by atoms with E-state index in [9.17, 15) is 27.9 Å². The molecule has 0 unspecified atom stereocenters. The first kappa shape index (κ1) is 47.2. The van der Waals surface area contributed by atoms with Crippen LogP contribution in [0.25, 0.3) is 21.3 Å². The Balaban J connectivity index is 1.29. The van der Waals surface area contributed by atoms with Crippen LogP contribution in [0.3, 0.4) is 0 Å². The maximum absolute atomic E-state index is 15.4. The number of carbonyl (C=O) groups is 4. The topological polar surface area (TPSA) is 197 Å². The molecule has 4 heterocycles. The summed E-state index contributed by atoms with van der Waals surface area (Å²) in [5.41, 5.74) is -1.02. The lowest BCUT2D eigenvalue weighted by atomic mass is 9.82. The van der Waals surface area contributed by atoms with Gasteiger partial charge < -0.3 is 24.8 Å². The molecule has 0 bridgehead atoms. The quantitative estimate of drug-likeness (QED) is 0.181. The van der Waals surface area contributed by atoms with E-state index < -0.39 is 79.7 Å². The number of carbonyl (C=O) groups excluding carboxylic acids is 3. The zero-order chi connectivity index (χ0) is 46.7. The van der Waals surface area contributed by atoms with Crippen molar-refractivity contribution in [1.29, 1.82) is 0 Å². The van der Waals surface area contributed by atoms with Crippen LogP contribution in [0.5, 0.6) is 11.6 Å². The molecule has 2 aliphatic carbocycles. The third-order valence-corrected chi connectivity index (χ3v) is 16.7. The summed E-state index contributed by atoms with van der Waals surface area (Å²) in [5, 5.41) is 18.0. The molecule has 2 saturated carbocycles. The van der Waals surface area contributed by atoms with Crippen molar-refractivity contribution >= 4 is 55.9 Å². The summed E-state index contributed by atoms with van der Waals surface area (Å²) in [6.07, 6.45) is 6.90. The lowest BCUT2D eigenvalue weighted by molar-refractivity contribution is -0.146. The molecule has 3 aromatic rings. The highest BCUT2D eigenvalue weighted by atomic mass is 32.2. The molecule has 2 aromatic heterocycles. The van der Waals surface area contributed by atoms with Gasteiger partial charge in [-0.1, -0.05) is 53.2 Å². The number of nitrogens with one attached hydrogen (secondary N) is 2. The number of pyridine rings is 1. The molecule has 348 valence electrons. The molecule has 3 fully saturated rings. The lowest BCUT2D eigenvalue weighted by Gasteiger charge is -2.44. The Morgan fingerprint density at radius 3 is 2.44 bits per heavy atom. The van der Waals surface area contributed by atoms with Crippen LogP contribution in [0.15, 0.2) is 41.9 Å². The number of methoxy groups -OCH3 is 1. The van der Waals surface area contributed by atoms with Gasteiger partial charge >= 0.3 is 6.09 Å². The van der Waals surface area contributed by atoms with Crippen LogP contribution in [0.1, 0.15) is 119 Å². The van der Waals surface area contributed by atoms with Gasteiger partial charge in [-0.2, -0.15) is 0 Å². The van der Waals surface area contributed by atoms with E-state index in [1.165, 1.54) is 21.1 Å². The normalized spacial score (nSPS) is 27.9. The average molecular weight is 921 g/mol. The van der Waals surface area contributed by atoms with Crippen LogP contribution in [-0.2, 0) is 29.8 Å². The lowest BCUT2D eigenvalue weighted by Crippen LogP contribution is -2.62. The highest BCUT2D eigenvalue weighted by molar-refractivity contribution is 7.91. The predicted molar refractivity (Wildman–Crippen MR) is 246 cm³/mol. The maximum atomic E-state index is 15.4. The molecular formula is C47H64N6O9S2. The molecule has 1 aromatic carbocycles. The molecule has 17 heteroatoms. The number of rotatable bonds is 9. The van der Waals surface area contributed by atoms with E-state index in [-0.39, 0.29) is 36.6 Å². The van der Waals surface area contributed by atoms with Crippen LogP contribution >= 0.6 is 11.3 Å². The second-order valence-corrected chi connectivity index (χ2v) is 23.7. The molecule has 4 aliphatic rings. The molecule has 0 spiro atoms. The van der Waals surface area contributed by atoms with Gasteiger partial charge in [0.2, 0.25) is 27.7 Å². The SMILES string of the molecule is CC[C@@H]1C[C@H](C)CC/C=C\[C@@H]2C[C@@]2(C(=O)NS(=O)(=O)C2(C)CC2)NC(=O)[C@@H]2C[C@@H](Oc3ncc(-c4nc(C(C)(C)C)cs4)c4cc(OC)ccc34)CN2C(=O)[C@H]1N(C(=O)O)C(C)(C)C. The molecular weight excluding hydrogens is 857 g/mol. The summed E-state index contributed by atoms with van der Waals surface area (Å²) in [4.78, 5) is 70.1. The maximum Gasteiger partial charge on any atom is 0.408 e. The molecule has 1 saturated heterocycles. The van der Waals surface area contributed by atoms with Gasteiger partial charge in [0.05, 0.1) is 24.1 Å². The number of allylic oxidation sites excluding steroid dienone is 1. The van der Waals surface area contributed by atoms with Gasteiger partial charge in [-0.3, -0.25) is 24.0 Å². The second kappa shape index (κ2) is 17.2. The summed E-state index contributed by atoms with van der Waals surface area (Å²) >= 11 is 1.51. The average Bonchev–Trinajstić information content (AvgIpc) is 3.99. The van der Waals surface area contributed by atoms with Gasteiger partial charge in [0.25, 0.3) is 5.91 Å². The Hall–Kier alpha value is -4.77. The first-order chi connectivity index (χ1) is 29.9. The summed E-state index contributed by atoms with van der Waals surface area (Å²) in [5.74, 6) is -1.93. The van der Waals surface area contributed by atoms with E-state index in [4.69, 9.17) is 19.4 Å². The summed E-state index contributed by atoms with van der Waals surface area (Å²) in [6, 6.07) is 3.18. The number of aromatic nitrogens is 2. The third-order valence-electron chi connectivity index (χ3n) is 13.6. The van der Waals surface area contributed by atoms with Gasteiger partial charge in [0.1, 0.15) is 34.5 Å². The minimum absolute atomic E-state index is 0.0167. The highest BCUT2D eigenvalue weighted by Crippen LogP contribution is 2.48. The fourth-order valence-corrected chi connectivity index (χ4v) is 11.6. The number of hydrogen-bond donors (Lipinski definition) is 3. The van der Waals surface area contributed by atoms with Crippen molar-refractivity contribution in [2.45, 2.75) is 153 Å². The Morgan fingerprint density at radius 2 is 1.83 bits per heavy atom. The van der Waals surface area contributed by atoms with Gasteiger partial charge in [0.15, 0.2) is 0 Å². The van der Waals surface area contributed by atoms with Crippen LogP contribution < -0.4 is 19.5 Å². The van der Waals surface area contributed by atoms with E-state index in [2.05, 4.69) is 37.7 Å². The second-order valence-electron chi connectivity index (χ2n) is 20.6. The van der Waals surface area contributed by atoms with Crippen molar-refractivity contribution in [3.05, 3.63) is 47.6 Å². The monoisotopic (exact) mass is 920 g/mol. The Labute approximate surface area is 380 Å². The standard InChI is InChI=1S/C47H64N6O9S2/c1-11-28-20-27(2)14-12-13-15-29-23-47(29,42(56)51-64(59,60)46(9)18-19-46)50-38(54)35-22-31(25-52(35)41(55)37(28)53(43(57)58)45(6,7)8)62-39-32-17-16-30(61-10)21-33(32)34(24-48-39)40-49-36(26-63-40)44(3,4)5/h13,15-17,21,24,26-29,31,35,37H,11-12,14,18-20,22-23,25H2,1-10H3,(H,50,54)(H,51,56)(H,57,58)/b15-13-/t27-,28-,29-,31-,35+,37+,47-/m1/s1. The molecule has 3 N–H and O–H groups in total. The van der Waals surface area contributed by atoms with Crippen LogP contribution in [0, 0.1) is 17.8 Å². The van der Waals surface area contributed by atoms with Crippen molar-refractivity contribution in [2.24, 2.45) is 17.8 Å². The zero-order valence-electron chi connectivity index (χ0n) is 38.7. The predicted octanol–water partition coefficient (Wildman–Crippen LogP) is 7.44. The number of fused-ring (bicyclic) bond motifs is 3. The Kier molecular flexibility index (Phi) is 12.7. The molecule has 2 aliphatic heterocycles.